The topological polar surface area (TPSA) is 706 Å². The molecule has 35 atom stereocenters. The van der Waals surface area contributed by atoms with Gasteiger partial charge in [-0.3, -0.25) is 44.7 Å². The lowest BCUT2D eigenvalue weighted by atomic mass is 9.90. The van der Waals surface area contributed by atoms with Crippen molar-refractivity contribution in [3.8, 4) is 11.5 Å². The number of nitrogens with zero attached hydrogens (tertiary/aromatic N) is 9. The summed E-state index contributed by atoms with van der Waals surface area (Å²) in [7, 11) is 4.42. The van der Waals surface area contributed by atoms with E-state index in [1.54, 1.807) is 13.8 Å². The summed E-state index contributed by atoms with van der Waals surface area (Å²) in [6, 6.07) is 27.9. The highest BCUT2D eigenvalue weighted by Gasteiger charge is 2.54. The number of nitro benzene ring substituents is 3. The average molecular weight is 1960 g/mol. The number of methoxy groups -OCH3 is 2. The van der Waals surface area contributed by atoms with Crippen LogP contribution in [0.15, 0.2) is 132 Å². The Labute approximate surface area is 769 Å². The Morgan fingerprint density at radius 3 is 1.27 bits per heavy atom. The van der Waals surface area contributed by atoms with Gasteiger partial charge in [0.1, 0.15) is 134 Å². The molecule has 0 radical (unpaired) electrons. The van der Waals surface area contributed by atoms with Crippen molar-refractivity contribution in [3.63, 3.8) is 0 Å². The Balaban J connectivity index is 0.000000181. The van der Waals surface area contributed by atoms with E-state index in [1.165, 1.54) is 65.3 Å². The van der Waals surface area contributed by atoms with E-state index in [0.29, 0.717) is 18.2 Å². The molecule has 9 saturated heterocycles. The van der Waals surface area contributed by atoms with Crippen molar-refractivity contribution in [1.29, 1.82) is 0 Å². The largest absolute Gasteiger partial charge is 0.463 e. The third kappa shape index (κ3) is 28.6. The lowest BCUT2D eigenvalue weighted by Gasteiger charge is -2.45. The Kier molecular flexibility index (Phi) is 41.6. The minimum Gasteiger partial charge on any atom is -0.463 e. The summed E-state index contributed by atoms with van der Waals surface area (Å²) in [6.45, 7) is 8.53. The summed E-state index contributed by atoms with van der Waals surface area (Å²) in [6.07, 6.45) is -28.6. The number of hydrogen-bond donors (Lipinski definition) is 12. The van der Waals surface area contributed by atoms with E-state index in [-0.39, 0.29) is 48.1 Å². The molecule has 14 rings (SSSR count). The quantitative estimate of drug-likeness (QED) is 0.00689. The minimum absolute atomic E-state index is 0.0225. The summed E-state index contributed by atoms with van der Waals surface area (Å²) in [4.78, 5) is 68.9. The van der Waals surface area contributed by atoms with Gasteiger partial charge < -0.3 is 156 Å². The van der Waals surface area contributed by atoms with E-state index in [2.05, 4.69) is 29.0 Å². The second-order valence-electron chi connectivity index (χ2n) is 30.6. The highest BCUT2D eigenvalue weighted by Crippen LogP contribution is 2.47. The van der Waals surface area contributed by atoms with Crippen LogP contribution in [0.3, 0.4) is 0 Å². The second kappa shape index (κ2) is 51.4. The molecular formula is C80H103ClFN9O41P2. The summed E-state index contributed by atoms with van der Waals surface area (Å²) in [5, 5.41) is 156. The second-order valence-corrected chi connectivity index (χ2v) is 34.5. The predicted octanol–water partition coefficient (Wildman–Crippen LogP) is 3.49. The molecule has 54 heteroatoms. The normalized spacial score (nSPS) is 34.7. The van der Waals surface area contributed by atoms with E-state index < -0.39 is 267 Å². The fraction of sp³-hybridized carbons (Fsp3) is 0.588. The molecule has 0 aliphatic carbocycles. The number of esters is 3. The summed E-state index contributed by atoms with van der Waals surface area (Å²) >= 11 is 5.90. The molecule has 5 aromatic carbocycles. The Morgan fingerprint density at radius 1 is 0.493 bits per heavy atom. The van der Waals surface area contributed by atoms with Gasteiger partial charge >= 0.3 is 17.9 Å². The highest BCUT2D eigenvalue weighted by atomic mass is 35.5. The molecule has 5 aromatic rings. The number of non-ortho nitro benzene ring substituents is 3. The molecule has 9 heterocycles. The zero-order valence-corrected chi connectivity index (χ0v) is 75.2. The van der Waals surface area contributed by atoms with Crippen molar-refractivity contribution < 1.29 is 189 Å². The molecule has 0 bridgehead atoms. The summed E-state index contributed by atoms with van der Waals surface area (Å²) in [5.74, 6) is -3.43. The van der Waals surface area contributed by atoms with Crippen LogP contribution in [-0.4, -0.2) is 332 Å². The van der Waals surface area contributed by atoms with E-state index in [9.17, 15) is 105 Å². The van der Waals surface area contributed by atoms with Gasteiger partial charge in [-0.2, -0.15) is 0 Å². The van der Waals surface area contributed by atoms with E-state index >= 15 is 0 Å². The van der Waals surface area contributed by atoms with Gasteiger partial charge in [-0.25, -0.2) is 4.39 Å². The van der Waals surface area contributed by atoms with Crippen LogP contribution in [-0.2, 0) is 99.4 Å². The first-order chi connectivity index (χ1) is 63.8. The van der Waals surface area contributed by atoms with Crippen molar-refractivity contribution in [3.05, 3.63) is 200 Å². The summed E-state index contributed by atoms with van der Waals surface area (Å²) in [5.41, 5.74) is 18.7. The molecule has 9 fully saturated rings. The SMILES string of the molecule is CC(=O)OCC1O[C@@H](OP(C)P)C(OC(C)=O)[C@@H](C)[C@H]1OC(C)=O.CO[C@@H]1OC2COC(c3ccccc3)O[C@@H]2[C@H](O)C1O.CO[C@H]1OC2CO[C@H](c3ccc([N+](=O)[O-])cc3)O[C@@H]2[C@H](O)C1O.C[C@@H]1OC2COC(c3ccccc3)O[C@@H]2[C@H](O)C1O.[N-]=[N+]=NC1[C@H](Oc2ccc([N+](=O)[O-])cc2Cl)OC(CO)[C@H](O)[C@@H]1O.[N-]=[N+]=NC1[C@H](Oc2ccc([N+](=O)[O-])cc2F)OC(CO)[C@H](O)[C@@H]1O. The molecule has 16 unspecified atom stereocenters. The maximum Gasteiger partial charge on any atom is 0.303 e. The first kappa shape index (κ1) is 109. The molecule has 134 heavy (non-hydrogen) atoms. The van der Waals surface area contributed by atoms with Gasteiger partial charge in [-0.15, -0.1) is 0 Å². The van der Waals surface area contributed by atoms with Crippen LogP contribution in [0.2, 0.25) is 5.02 Å². The molecule has 50 nitrogen and oxygen atoms in total. The molecule has 12 N–H and O–H groups in total. The maximum atomic E-state index is 13.9. The molecule has 9 aliphatic heterocycles. The number of nitro groups is 3. The maximum absolute atomic E-state index is 13.9. The molecule has 0 spiro atoms. The van der Waals surface area contributed by atoms with Gasteiger partial charge in [0.05, 0.1) is 77.2 Å². The lowest BCUT2D eigenvalue weighted by Crippen LogP contribution is -2.62. The number of fused-ring (bicyclic) bond motifs is 3. The van der Waals surface area contributed by atoms with Crippen LogP contribution in [0, 0.1) is 42.1 Å². The molecule has 0 amide bonds. The number of ether oxygens (including phenoxy) is 19. The molecule has 0 saturated carbocycles. The molecule has 738 valence electrons. The van der Waals surface area contributed by atoms with E-state index in [1.807, 2.05) is 67.3 Å². The number of hydrogen-bond acceptors (Lipinski definition) is 43. The van der Waals surface area contributed by atoms with Crippen LogP contribution < -0.4 is 9.47 Å². The third-order valence-electron chi connectivity index (χ3n) is 21.4. The average Bonchev–Trinajstić information content (AvgIpc) is 0.771. The van der Waals surface area contributed by atoms with Gasteiger partial charge in [0.15, 0.2) is 55.4 Å². The Morgan fingerprint density at radius 2 is 0.881 bits per heavy atom. The molecular weight excluding hydrogens is 1860 g/mol. The summed E-state index contributed by atoms with van der Waals surface area (Å²) < 4.78 is 123. The van der Waals surface area contributed by atoms with Gasteiger partial charge in [0.25, 0.3) is 17.1 Å². The monoisotopic (exact) mass is 1960 g/mol. The van der Waals surface area contributed by atoms with Crippen LogP contribution >= 0.6 is 28.4 Å². The van der Waals surface area contributed by atoms with Gasteiger partial charge in [0.2, 0.25) is 12.6 Å². The predicted molar refractivity (Wildman–Crippen MR) is 451 cm³/mol. The van der Waals surface area contributed by atoms with Crippen LogP contribution in [0.5, 0.6) is 11.5 Å². The van der Waals surface area contributed by atoms with Crippen molar-refractivity contribution in [2.24, 2.45) is 16.1 Å². The number of carbonyl (C=O) groups is 3. The van der Waals surface area contributed by atoms with Crippen molar-refractivity contribution in [1.82, 2.24) is 0 Å². The van der Waals surface area contributed by atoms with Crippen LogP contribution in [0.4, 0.5) is 21.5 Å². The Bertz CT molecular complexity index is 4620. The standard InChI is InChI=1S/C14H17NO8.C14H24O8P2.C14H18O6.C14H18O5.C12H13ClN4O7.C12H13FN4O7/c1-20-14-11(17)10(16)12-9(22-14)6-21-13(23-12)7-2-4-8(5-3-7)15(18)19;1-7-12(19-9(3)16)11(6-18-8(2)15)21-14(22-24(5)23)13(7)20-10(4)17;1-17-14-11(16)10(15)12-9(19-14)7-18-13(20-12)8-5-3-2-4-6-8;1-8-11(15)12(16)13-10(18-8)7-17-14(19-13)9-5-3-2-4-6-9;2*13-6-3-5(17(21)22)1-2-7(6)23-12-9(15-16-14)11(20)10(19)8(4-18)24-12/h2-5,9-14,16-17H,6H2,1H3;7,11-14H,6,23H2,1-5H3;2-6,9-16H,7H2,1H3;2-6,8,10-16H,7H2,1H3;2*1-3,8-12,18-20H,4H2/t9?,10-,11?,12+,13+,14+;7-,11?,12+,13?,14-,24?;9?,10-,11?,12+,13?,14-;8-,10?,11?,12+,13-,14?;2*8?,9?,10-,11+,12+/m101000/s1. The van der Waals surface area contributed by atoms with Crippen LogP contribution in [0.25, 0.3) is 20.9 Å². The van der Waals surface area contributed by atoms with Gasteiger partial charge in [0, 0.05) is 106 Å². The number of benzene rings is 5. The number of rotatable bonds is 22. The van der Waals surface area contributed by atoms with E-state index in [4.69, 9.17) is 122 Å². The first-order valence-electron chi connectivity index (χ1n) is 40.9. The Hall–Kier alpha value is -9.07. The van der Waals surface area contributed by atoms with Gasteiger partial charge in [-0.1, -0.05) is 98.3 Å². The number of aliphatic hydroxyl groups is 12. The molecule has 9 aliphatic rings. The number of carbonyl (C=O) groups excluding carboxylic acids is 3. The number of aliphatic hydroxyl groups excluding tert-OH is 12. The fourth-order valence-corrected chi connectivity index (χ4v) is 15.7. The minimum atomic E-state index is -1.63. The number of azide groups is 2. The third-order valence-corrected chi connectivity index (χ3v) is 22.6. The van der Waals surface area contributed by atoms with Crippen molar-refractivity contribution >= 4 is 63.3 Å². The van der Waals surface area contributed by atoms with Crippen LogP contribution in [0.1, 0.15) is 70.2 Å². The van der Waals surface area contributed by atoms with Crippen molar-refractivity contribution in [2.45, 2.75) is 231 Å². The highest BCUT2D eigenvalue weighted by molar-refractivity contribution is 8.10. The van der Waals surface area contributed by atoms with Gasteiger partial charge in [-0.05, 0) is 48.9 Å². The first-order valence-corrected chi connectivity index (χ1v) is 44.6. The van der Waals surface area contributed by atoms with E-state index in [0.717, 1.165) is 35.4 Å². The zero-order valence-electron chi connectivity index (χ0n) is 72.4. The molecule has 0 aromatic heterocycles. The van der Waals surface area contributed by atoms with Crippen molar-refractivity contribution in [2.75, 3.05) is 60.5 Å². The lowest BCUT2D eigenvalue weighted by molar-refractivity contribution is -0.385. The smallest absolute Gasteiger partial charge is 0.303 e. The number of halogens is 2. The zero-order chi connectivity index (χ0) is 98.2. The fourth-order valence-electron chi connectivity index (χ4n) is 14.6.